The number of rotatable bonds is 1. The number of halogens is 3. The number of alkyl halides is 3. The van der Waals surface area contributed by atoms with Gasteiger partial charge >= 0.3 is 6.18 Å². The van der Waals surface area contributed by atoms with Gasteiger partial charge in [0.15, 0.2) is 0 Å². The van der Waals surface area contributed by atoms with Crippen LogP contribution in [0.15, 0.2) is 36.4 Å². The first-order valence-corrected chi connectivity index (χ1v) is 7.57. The van der Waals surface area contributed by atoms with Crippen LogP contribution in [0.5, 0.6) is 0 Å². The van der Waals surface area contributed by atoms with E-state index in [4.69, 9.17) is 0 Å². The molecule has 0 aliphatic carbocycles. The van der Waals surface area contributed by atoms with Crippen molar-refractivity contribution in [3.63, 3.8) is 0 Å². The minimum Gasteiger partial charge on any atom is -0.312 e. The Kier molecular flexibility index (Phi) is 3.01. The first-order valence-electron chi connectivity index (χ1n) is 7.57. The molecule has 0 atom stereocenters. The van der Waals surface area contributed by atoms with Gasteiger partial charge in [0, 0.05) is 6.54 Å². The van der Waals surface area contributed by atoms with E-state index < -0.39 is 11.7 Å². The van der Waals surface area contributed by atoms with Crippen LogP contribution in [0.3, 0.4) is 0 Å². The molecule has 0 bridgehead atoms. The molecule has 2 aromatic rings. The maximum absolute atomic E-state index is 12.7. The maximum Gasteiger partial charge on any atom is 0.416 e. The van der Waals surface area contributed by atoms with Crippen LogP contribution in [-0.2, 0) is 23.8 Å². The number of hydrogen-bond acceptors (Lipinski definition) is 1. The zero-order valence-corrected chi connectivity index (χ0v) is 12.3. The summed E-state index contributed by atoms with van der Waals surface area (Å²) >= 11 is 0. The molecule has 2 aliphatic rings. The molecule has 0 spiro atoms. The Balaban J connectivity index is 1.77. The van der Waals surface area contributed by atoms with E-state index in [-0.39, 0.29) is 5.91 Å². The van der Waals surface area contributed by atoms with E-state index in [1.807, 2.05) is 17.0 Å². The van der Waals surface area contributed by atoms with Crippen LogP contribution in [-0.4, -0.2) is 12.5 Å². The van der Waals surface area contributed by atoms with Gasteiger partial charge in [0.05, 0.1) is 17.7 Å². The van der Waals surface area contributed by atoms with Gasteiger partial charge in [-0.1, -0.05) is 12.1 Å². The SMILES string of the molecule is O=C1Cc2cc(-c3ccc(C(F)(F)F)cc3)cc3c2N1CCC3. The van der Waals surface area contributed by atoms with Crippen LogP contribution in [0.4, 0.5) is 18.9 Å². The Labute approximate surface area is 131 Å². The molecule has 2 aromatic carbocycles. The van der Waals surface area contributed by atoms with Crippen molar-refractivity contribution in [3.05, 3.63) is 53.1 Å². The summed E-state index contributed by atoms with van der Waals surface area (Å²) < 4.78 is 38.0. The van der Waals surface area contributed by atoms with E-state index >= 15 is 0 Å². The maximum atomic E-state index is 12.7. The van der Waals surface area contributed by atoms with E-state index in [1.54, 1.807) is 0 Å². The number of amides is 1. The lowest BCUT2D eigenvalue weighted by Crippen LogP contribution is -2.31. The summed E-state index contributed by atoms with van der Waals surface area (Å²) in [6.45, 7) is 0.762. The molecule has 0 saturated heterocycles. The van der Waals surface area contributed by atoms with E-state index in [9.17, 15) is 18.0 Å². The highest BCUT2D eigenvalue weighted by Gasteiger charge is 2.33. The number of carbonyl (C=O) groups excluding carboxylic acids is 1. The first-order chi connectivity index (χ1) is 10.9. The van der Waals surface area contributed by atoms with Gasteiger partial charge in [-0.25, -0.2) is 0 Å². The van der Waals surface area contributed by atoms with Crippen LogP contribution in [0.1, 0.15) is 23.1 Å². The highest BCUT2D eigenvalue weighted by molar-refractivity contribution is 6.03. The molecule has 4 rings (SSSR count). The lowest BCUT2D eigenvalue weighted by Gasteiger charge is -2.26. The molecule has 2 aliphatic heterocycles. The Morgan fingerprint density at radius 1 is 0.957 bits per heavy atom. The highest BCUT2D eigenvalue weighted by Crippen LogP contribution is 2.40. The molecule has 2 heterocycles. The minimum atomic E-state index is -4.32. The fourth-order valence-corrected chi connectivity index (χ4v) is 3.50. The Bertz CT molecular complexity index is 793. The molecular weight excluding hydrogens is 303 g/mol. The molecule has 2 nitrogen and oxygen atoms in total. The third-order valence-corrected chi connectivity index (χ3v) is 4.55. The number of benzene rings is 2. The summed E-state index contributed by atoms with van der Waals surface area (Å²) in [4.78, 5) is 13.9. The highest BCUT2D eigenvalue weighted by atomic mass is 19.4. The summed E-state index contributed by atoms with van der Waals surface area (Å²) in [5.41, 5.74) is 4.11. The number of carbonyl (C=O) groups is 1. The zero-order valence-electron chi connectivity index (χ0n) is 12.3. The minimum absolute atomic E-state index is 0.116. The predicted molar refractivity (Wildman–Crippen MR) is 81.3 cm³/mol. The van der Waals surface area contributed by atoms with Crippen molar-refractivity contribution in [2.75, 3.05) is 11.4 Å². The van der Waals surface area contributed by atoms with Crippen molar-refractivity contribution in [1.82, 2.24) is 0 Å². The second kappa shape index (κ2) is 4.85. The quantitative estimate of drug-likeness (QED) is 0.771. The van der Waals surface area contributed by atoms with Gasteiger partial charge in [-0.15, -0.1) is 0 Å². The van der Waals surface area contributed by atoms with Crippen LogP contribution < -0.4 is 4.90 Å². The lowest BCUT2D eigenvalue weighted by molar-refractivity contribution is -0.137. The van der Waals surface area contributed by atoms with Gasteiger partial charge in [0.25, 0.3) is 0 Å². The van der Waals surface area contributed by atoms with Crippen LogP contribution in [0, 0.1) is 0 Å². The van der Waals surface area contributed by atoms with Gasteiger partial charge in [-0.05, 0) is 59.4 Å². The normalized spacial score (nSPS) is 16.7. The van der Waals surface area contributed by atoms with E-state index in [0.29, 0.717) is 6.42 Å². The predicted octanol–water partition coefficient (Wildman–Crippen LogP) is 4.21. The molecule has 0 saturated carbocycles. The van der Waals surface area contributed by atoms with Crippen molar-refractivity contribution >= 4 is 11.6 Å². The summed E-state index contributed by atoms with van der Waals surface area (Å²) in [7, 11) is 0. The fourth-order valence-electron chi connectivity index (χ4n) is 3.50. The van der Waals surface area contributed by atoms with E-state index in [0.717, 1.165) is 59.5 Å². The Morgan fingerprint density at radius 2 is 1.65 bits per heavy atom. The monoisotopic (exact) mass is 317 g/mol. The number of nitrogens with zero attached hydrogens (tertiary/aromatic N) is 1. The second-order valence-corrected chi connectivity index (χ2v) is 6.04. The number of hydrogen-bond donors (Lipinski definition) is 0. The second-order valence-electron chi connectivity index (χ2n) is 6.04. The van der Waals surface area contributed by atoms with Gasteiger partial charge in [-0.2, -0.15) is 13.2 Å². The summed E-state index contributed by atoms with van der Waals surface area (Å²) in [6, 6.07) is 9.14. The molecule has 0 fully saturated rings. The van der Waals surface area contributed by atoms with Gasteiger partial charge in [0.1, 0.15) is 0 Å². The van der Waals surface area contributed by atoms with Crippen molar-refractivity contribution < 1.29 is 18.0 Å². The van der Waals surface area contributed by atoms with Crippen LogP contribution in [0.25, 0.3) is 11.1 Å². The van der Waals surface area contributed by atoms with Crippen molar-refractivity contribution in [3.8, 4) is 11.1 Å². The molecule has 0 radical (unpaired) electrons. The third-order valence-electron chi connectivity index (χ3n) is 4.55. The standard InChI is InChI=1S/C18H14F3NO/c19-18(20,21)15-5-3-11(4-6-15)13-8-12-2-1-7-22-16(23)10-14(9-13)17(12)22/h3-6,8-9H,1-2,7,10H2. The molecular formula is C18H14F3NO. The largest absolute Gasteiger partial charge is 0.416 e. The molecule has 23 heavy (non-hydrogen) atoms. The van der Waals surface area contributed by atoms with Crippen LogP contribution >= 0.6 is 0 Å². The van der Waals surface area contributed by atoms with Gasteiger partial charge in [-0.3, -0.25) is 4.79 Å². The topological polar surface area (TPSA) is 20.3 Å². The number of aryl methyl sites for hydroxylation is 1. The fraction of sp³-hybridized carbons (Fsp3) is 0.278. The molecule has 0 unspecified atom stereocenters. The Morgan fingerprint density at radius 3 is 2.35 bits per heavy atom. The molecule has 0 N–H and O–H groups in total. The molecule has 118 valence electrons. The molecule has 0 aromatic heterocycles. The van der Waals surface area contributed by atoms with Gasteiger partial charge < -0.3 is 4.90 Å². The number of anilines is 1. The van der Waals surface area contributed by atoms with Crippen molar-refractivity contribution in [2.45, 2.75) is 25.4 Å². The van der Waals surface area contributed by atoms with Crippen LogP contribution in [0.2, 0.25) is 0 Å². The third kappa shape index (κ3) is 2.31. The zero-order chi connectivity index (χ0) is 16.2. The average molecular weight is 317 g/mol. The molecule has 5 heteroatoms. The lowest BCUT2D eigenvalue weighted by atomic mass is 9.93. The van der Waals surface area contributed by atoms with E-state index in [1.165, 1.54) is 12.1 Å². The van der Waals surface area contributed by atoms with Gasteiger partial charge in [0.2, 0.25) is 5.91 Å². The summed E-state index contributed by atoms with van der Waals surface area (Å²) in [6.07, 6.45) is -2.11. The van der Waals surface area contributed by atoms with E-state index in [2.05, 4.69) is 0 Å². The van der Waals surface area contributed by atoms with Crippen molar-refractivity contribution in [1.29, 1.82) is 0 Å². The Hall–Kier alpha value is -2.30. The van der Waals surface area contributed by atoms with Crippen molar-refractivity contribution in [2.24, 2.45) is 0 Å². The smallest absolute Gasteiger partial charge is 0.312 e. The summed E-state index contributed by atoms with van der Waals surface area (Å²) in [5, 5.41) is 0. The first kappa shape index (κ1) is 14.3. The molecule has 1 amide bonds. The average Bonchev–Trinajstić information content (AvgIpc) is 2.84. The summed E-state index contributed by atoms with van der Waals surface area (Å²) in [5.74, 6) is 0.116.